The van der Waals surface area contributed by atoms with E-state index >= 15 is 0 Å². The summed E-state index contributed by atoms with van der Waals surface area (Å²) in [4.78, 5) is 25.2. The van der Waals surface area contributed by atoms with E-state index in [1.807, 2.05) is 24.3 Å². The van der Waals surface area contributed by atoms with E-state index in [0.29, 0.717) is 17.1 Å². The summed E-state index contributed by atoms with van der Waals surface area (Å²) in [6.45, 7) is 1.62. The molecule has 2 aromatic rings. The van der Waals surface area contributed by atoms with Crippen LogP contribution in [0.25, 0.3) is 0 Å². The maximum absolute atomic E-state index is 12.3. The first-order valence-corrected chi connectivity index (χ1v) is 7.08. The largest absolute Gasteiger partial charge is 0.497 e. The van der Waals surface area contributed by atoms with E-state index in [0.717, 1.165) is 10.5 Å². The summed E-state index contributed by atoms with van der Waals surface area (Å²) in [6, 6.07) is 13.4. The molecule has 0 atom stereocenters. The van der Waals surface area contributed by atoms with Gasteiger partial charge in [0, 0.05) is 19.2 Å². The number of nitrogens with two attached hydrogens (primary N) is 1. The van der Waals surface area contributed by atoms with Gasteiger partial charge in [0.25, 0.3) is 0 Å². The second-order valence-electron chi connectivity index (χ2n) is 4.96. The van der Waals surface area contributed by atoms with E-state index in [-0.39, 0.29) is 12.5 Å². The van der Waals surface area contributed by atoms with Gasteiger partial charge in [-0.05, 0) is 42.0 Å². The number of ether oxygens (including phenoxy) is 1. The summed E-state index contributed by atoms with van der Waals surface area (Å²) in [7, 11) is 1.58. The quantitative estimate of drug-likeness (QED) is 0.850. The standard InChI is InChI=1S/C17H19N3O3/c1-12(21)20(15-8-6-14(18)7-9-15)17(22)19-11-13-4-3-5-16(10-13)23-2/h3-10H,11,18H2,1-2H3,(H,19,22). The molecule has 0 unspecified atom stereocenters. The number of carbonyl (C=O) groups is 2. The number of carbonyl (C=O) groups excluding carboxylic acids is 2. The zero-order valence-corrected chi connectivity index (χ0v) is 13.1. The van der Waals surface area contributed by atoms with E-state index in [9.17, 15) is 9.59 Å². The van der Waals surface area contributed by atoms with Crippen LogP contribution in [0.3, 0.4) is 0 Å². The SMILES string of the molecule is COc1cccc(CNC(=O)N(C(C)=O)c2ccc(N)cc2)c1. The monoisotopic (exact) mass is 313 g/mol. The molecular weight excluding hydrogens is 294 g/mol. The van der Waals surface area contributed by atoms with Gasteiger partial charge >= 0.3 is 6.03 Å². The third kappa shape index (κ3) is 4.23. The van der Waals surface area contributed by atoms with Crippen molar-refractivity contribution in [2.45, 2.75) is 13.5 Å². The predicted octanol–water partition coefficient (Wildman–Crippen LogP) is 2.54. The Morgan fingerprint density at radius 1 is 1.17 bits per heavy atom. The molecular formula is C17H19N3O3. The molecule has 0 saturated heterocycles. The number of rotatable bonds is 4. The fourth-order valence-electron chi connectivity index (χ4n) is 2.10. The van der Waals surface area contributed by atoms with E-state index < -0.39 is 6.03 Å². The highest BCUT2D eigenvalue weighted by molar-refractivity contribution is 6.13. The smallest absolute Gasteiger partial charge is 0.329 e. The summed E-state index contributed by atoms with van der Waals surface area (Å²) in [5.41, 5.74) is 7.53. The maximum atomic E-state index is 12.3. The number of methoxy groups -OCH3 is 1. The number of nitrogen functional groups attached to an aromatic ring is 1. The van der Waals surface area contributed by atoms with Crippen LogP contribution in [0.5, 0.6) is 5.75 Å². The zero-order valence-electron chi connectivity index (χ0n) is 13.1. The minimum atomic E-state index is -0.495. The van der Waals surface area contributed by atoms with Gasteiger partial charge < -0.3 is 15.8 Å². The molecule has 6 nitrogen and oxygen atoms in total. The lowest BCUT2D eigenvalue weighted by molar-refractivity contribution is -0.115. The normalized spacial score (nSPS) is 10.0. The van der Waals surface area contributed by atoms with Gasteiger partial charge in [0.2, 0.25) is 5.91 Å². The Morgan fingerprint density at radius 3 is 2.48 bits per heavy atom. The first-order valence-electron chi connectivity index (χ1n) is 7.08. The van der Waals surface area contributed by atoms with Crippen molar-refractivity contribution in [1.29, 1.82) is 0 Å². The Balaban J connectivity index is 2.09. The first kappa shape index (κ1) is 16.4. The molecule has 120 valence electrons. The average Bonchev–Trinajstić information content (AvgIpc) is 2.55. The molecule has 0 aliphatic carbocycles. The minimum absolute atomic E-state index is 0.286. The first-order chi connectivity index (χ1) is 11.0. The third-order valence-electron chi connectivity index (χ3n) is 3.25. The van der Waals surface area contributed by atoms with Gasteiger partial charge in [-0.25, -0.2) is 9.69 Å². The molecule has 6 heteroatoms. The maximum Gasteiger partial charge on any atom is 0.329 e. The van der Waals surface area contributed by atoms with E-state index in [1.54, 1.807) is 31.4 Å². The predicted molar refractivity (Wildman–Crippen MR) is 89.2 cm³/mol. The van der Waals surface area contributed by atoms with Gasteiger partial charge in [-0.1, -0.05) is 12.1 Å². The average molecular weight is 313 g/mol. The van der Waals surface area contributed by atoms with Crippen molar-refractivity contribution in [3.05, 3.63) is 54.1 Å². The number of nitrogens with zero attached hydrogens (tertiary/aromatic N) is 1. The van der Waals surface area contributed by atoms with Crippen molar-refractivity contribution < 1.29 is 14.3 Å². The number of urea groups is 1. The van der Waals surface area contributed by atoms with Crippen LogP contribution < -0.4 is 20.7 Å². The van der Waals surface area contributed by atoms with E-state index in [1.165, 1.54) is 6.92 Å². The fourth-order valence-corrected chi connectivity index (χ4v) is 2.10. The highest BCUT2D eigenvalue weighted by Crippen LogP contribution is 2.17. The Labute approximate surface area is 134 Å². The Morgan fingerprint density at radius 2 is 1.87 bits per heavy atom. The van der Waals surface area contributed by atoms with E-state index in [4.69, 9.17) is 10.5 Å². The lowest BCUT2D eigenvalue weighted by Gasteiger charge is -2.20. The molecule has 0 saturated carbocycles. The lowest BCUT2D eigenvalue weighted by Crippen LogP contribution is -2.42. The van der Waals surface area contributed by atoms with Crippen molar-refractivity contribution in [2.75, 3.05) is 17.7 Å². The van der Waals surface area contributed by atoms with Gasteiger partial charge in [0.05, 0.1) is 12.8 Å². The molecule has 3 amide bonds. The third-order valence-corrected chi connectivity index (χ3v) is 3.25. The molecule has 2 rings (SSSR count). The molecule has 0 bridgehead atoms. The number of anilines is 2. The molecule has 0 aliphatic rings. The number of hydrogen-bond donors (Lipinski definition) is 2. The fraction of sp³-hybridized carbons (Fsp3) is 0.176. The Hall–Kier alpha value is -3.02. The number of hydrogen-bond acceptors (Lipinski definition) is 4. The molecule has 23 heavy (non-hydrogen) atoms. The molecule has 0 heterocycles. The molecule has 2 aromatic carbocycles. The van der Waals surface area contributed by atoms with Gasteiger partial charge in [-0.3, -0.25) is 4.79 Å². The van der Waals surface area contributed by atoms with Crippen molar-refractivity contribution in [3.63, 3.8) is 0 Å². The van der Waals surface area contributed by atoms with Crippen LogP contribution in [0.15, 0.2) is 48.5 Å². The van der Waals surface area contributed by atoms with Crippen LogP contribution in [0.2, 0.25) is 0 Å². The van der Waals surface area contributed by atoms with Crippen LogP contribution in [0.1, 0.15) is 12.5 Å². The van der Waals surface area contributed by atoms with Crippen LogP contribution in [-0.4, -0.2) is 19.0 Å². The van der Waals surface area contributed by atoms with Crippen molar-refractivity contribution in [1.82, 2.24) is 5.32 Å². The number of benzene rings is 2. The molecule has 0 spiro atoms. The summed E-state index contributed by atoms with van der Waals surface area (Å²) in [5, 5.41) is 2.72. The Kier molecular flexibility index (Phi) is 5.19. The van der Waals surface area contributed by atoms with Crippen LogP contribution in [0, 0.1) is 0 Å². The second-order valence-corrected chi connectivity index (χ2v) is 4.96. The second kappa shape index (κ2) is 7.31. The van der Waals surface area contributed by atoms with E-state index in [2.05, 4.69) is 5.32 Å². The van der Waals surface area contributed by atoms with Gasteiger partial charge in [-0.2, -0.15) is 0 Å². The summed E-state index contributed by atoms with van der Waals surface area (Å²) >= 11 is 0. The lowest BCUT2D eigenvalue weighted by atomic mass is 10.2. The van der Waals surface area contributed by atoms with Crippen molar-refractivity contribution >= 4 is 23.3 Å². The van der Waals surface area contributed by atoms with Crippen molar-refractivity contribution in [3.8, 4) is 5.75 Å². The highest BCUT2D eigenvalue weighted by atomic mass is 16.5. The van der Waals surface area contributed by atoms with Crippen LogP contribution in [-0.2, 0) is 11.3 Å². The highest BCUT2D eigenvalue weighted by Gasteiger charge is 2.19. The number of amides is 3. The van der Waals surface area contributed by atoms with Gasteiger partial charge in [0.15, 0.2) is 0 Å². The summed E-state index contributed by atoms with van der Waals surface area (Å²) in [5.74, 6) is 0.330. The molecule has 0 aromatic heterocycles. The number of imide groups is 1. The van der Waals surface area contributed by atoms with Crippen molar-refractivity contribution in [2.24, 2.45) is 0 Å². The van der Waals surface area contributed by atoms with Gasteiger partial charge in [-0.15, -0.1) is 0 Å². The van der Waals surface area contributed by atoms with Crippen LogP contribution in [0.4, 0.5) is 16.2 Å². The topological polar surface area (TPSA) is 84.7 Å². The number of nitrogens with one attached hydrogen (secondary N) is 1. The molecule has 0 radical (unpaired) electrons. The molecule has 3 N–H and O–H groups in total. The summed E-state index contributed by atoms with van der Waals surface area (Å²) in [6.07, 6.45) is 0. The molecule has 0 aliphatic heterocycles. The summed E-state index contributed by atoms with van der Waals surface area (Å²) < 4.78 is 5.14. The zero-order chi connectivity index (χ0) is 16.8. The minimum Gasteiger partial charge on any atom is -0.497 e. The van der Waals surface area contributed by atoms with Gasteiger partial charge in [0.1, 0.15) is 5.75 Å². The Bertz CT molecular complexity index is 698. The molecule has 0 fully saturated rings. The van der Waals surface area contributed by atoms with Crippen LogP contribution >= 0.6 is 0 Å².